The van der Waals surface area contributed by atoms with Gasteiger partial charge in [0, 0.05) is 6.07 Å². The Morgan fingerprint density at radius 1 is 1.08 bits per heavy atom. The molecule has 0 amide bonds. The van der Waals surface area contributed by atoms with Gasteiger partial charge in [-0.2, -0.15) is 0 Å². The number of methoxy groups -OCH3 is 2. The lowest BCUT2D eigenvalue weighted by Crippen LogP contribution is -2.09. The molecule has 2 rings (SSSR count). The first-order valence-corrected chi connectivity index (χ1v) is 7.15. The maximum atomic E-state index is 12.1. The van der Waals surface area contributed by atoms with Gasteiger partial charge in [0.2, 0.25) is 0 Å². The van der Waals surface area contributed by atoms with Gasteiger partial charge in [0.25, 0.3) is 0 Å². The van der Waals surface area contributed by atoms with E-state index in [-0.39, 0.29) is 35.1 Å². The normalized spacial score (nSPS) is 10.0. The Kier molecular flexibility index (Phi) is 5.67. The van der Waals surface area contributed by atoms with Gasteiger partial charge in [-0.05, 0) is 29.8 Å². The fourth-order valence-electron chi connectivity index (χ4n) is 2.04. The average Bonchev–Trinajstić information content (AvgIpc) is 2.62. The molecular weight excluding hydrogens is 330 g/mol. The number of hydrogen-bond acceptors (Lipinski definition) is 7. The van der Waals surface area contributed by atoms with E-state index in [2.05, 4.69) is 4.74 Å². The summed E-state index contributed by atoms with van der Waals surface area (Å²) >= 11 is 0. The molecule has 0 heterocycles. The Morgan fingerprint density at radius 2 is 1.76 bits per heavy atom. The summed E-state index contributed by atoms with van der Waals surface area (Å²) in [6.45, 7) is 0. The van der Waals surface area contributed by atoms with Gasteiger partial charge < -0.3 is 14.2 Å². The second-order valence-corrected chi connectivity index (χ2v) is 4.93. The van der Waals surface area contributed by atoms with E-state index in [4.69, 9.17) is 9.47 Å². The molecule has 8 heteroatoms. The first-order chi connectivity index (χ1) is 11.9. The van der Waals surface area contributed by atoms with Gasteiger partial charge >= 0.3 is 17.6 Å². The SMILES string of the molecule is COC(=O)Cc1ccc(OC(=O)c2ccc(OC)c([N+](=O)[O-])c2)cc1. The van der Waals surface area contributed by atoms with Crippen LogP contribution in [0.15, 0.2) is 42.5 Å². The van der Waals surface area contributed by atoms with Gasteiger partial charge in [-0.3, -0.25) is 14.9 Å². The molecular formula is C17H15NO7. The van der Waals surface area contributed by atoms with E-state index < -0.39 is 10.9 Å². The summed E-state index contributed by atoms with van der Waals surface area (Å²) in [6, 6.07) is 10.1. The molecule has 0 spiro atoms. The van der Waals surface area contributed by atoms with Crippen LogP contribution in [0.25, 0.3) is 0 Å². The number of esters is 2. The second-order valence-electron chi connectivity index (χ2n) is 4.93. The van der Waals surface area contributed by atoms with E-state index >= 15 is 0 Å². The highest BCUT2D eigenvalue weighted by Gasteiger charge is 2.19. The smallest absolute Gasteiger partial charge is 0.343 e. The molecule has 0 aliphatic carbocycles. The van der Waals surface area contributed by atoms with Crippen LogP contribution in [0.1, 0.15) is 15.9 Å². The zero-order valence-electron chi connectivity index (χ0n) is 13.6. The number of nitro groups is 1. The predicted molar refractivity (Wildman–Crippen MR) is 86.8 cm³/mol. The zero-order chi connectivity index (χ0) is 18.4. The summed E-state index contributed by atoms with van der Waals surface area (Å²) in [5, 5.41) is 11.0. The van der Waals surface area contributed by atoms with Crippen LogP contribution in [0.5, 0.6) is 11.5 Å². The third kappa shape index (κ3) is 4.54. The molecule has 0 atom stereocenters. The minimum absolute atomic E-state index is 0.0196. The van der Waals surface area contributed by atoms with Crippen molar-refractivity contribution in [2.45, 2.75) is 6.42 Å². The van der Waals surface area contributed by atoms with Gasteiger partial charge in [-0.15, -0.1) is 0 Å². The highest BCUT2D eigenvalue weighted by Crippen LogP contribution is 2.28. The second kappa shape index (κ2) is 7.91. The van der Waals surface area contributed by atoms with Gasteiger partial charge in [0.05, 0.1) is 31.1 Å². The Balaban J connectivity index is 2.13. The van der Waals surface area contributed by atoms with Crippen molar-refractivity contribution in [3.63, 3.8) is 0 Å². The minimum atomic E-state index is -0.744. The lowest BCUT2D eigenvalue weighted by Gasteiger charge is -2.07. The molecule has 25 heavy (non-hydrogen) atoms. The van der Waals surface area contributed by atoms with Crippen molar-refractivity contribution in [1.29, 1.82) is 0 Å². The molecule has 0 N–H and O–H groups in total. The summed E-state index contributed by atoms with van der Waals surface area (Å²) < 4.78 is 14.6. The molecule has 0 aromatic heterocycles. The molecule has 0 unspecified atom stereocenters. The molecule has 0 fully saturated rings. The monoisotopic (exact) mass is 345 g/mol. The lowest BCUT2D eigenvalue weighted by molar-refractivity contribution is -0.385. The van der Waals surface area contributed by atoms with E-state index in [0.29, 0.717) is 5.56 Å². The number of nitro benzene ring substituents is 1. The van der Waals surface area contributed by atoms with Crippen LogP contribution < -0.4 is 9.47 Å². The van der Waals surface area contributed by atoms with Crippen molar-refractivity contribution in [3.8, 4) is 11.5 Å². The summed E-state index contributed by atoms with van der Waals surface area (Å²) in [7, 11) is 2.60. The zero-order valence-corrected chi connectivity index (χ0v) is 13.6. The van der Waals surface area contributed by atoms with Crippen LogP contribution in [0.4, 0.5) is 5.69 Å². The number of carbonyl (C=O) groups is 2. The standard InChI is InChI=1S/C17H15NO7/c1-23-15-8-5-12(10-14(15)18(21)22)17(20)25-13-6-3-11(4-7-13)9-16(19)24-2/h3-8,10H,9H2,1-2H3. The molecule has 0 saturated carbocycles. The van der Waals surface area contributed by atoms with Crippen molar-refractivity contribution in [2.75, 3.05) is 14.2 Å². The lowest BCUT2D eigenvalue weighted by atomic mass is 10.1. The largest absolute Gasteiger partial charge is 0.490 e. The first kappa shape index (κ1) is 17.9. The molecule has 0 saturated heterocycles. The van der Waals surface area contributed by atoms with Gasteiger partial charge in [-0.25, -0.2) is 4.79 Å². The molecule has 8 nitrogen and oxygen atoms in total. The minimum Gasteiger partial charge on any atom is -0.490 e. The van der Waals surface area contributed by atoms with Crippen LogP contribution in [0.3, 0.4) is 0 Å². The van der Waals surface area contributed by atoms with Crippen LogP contribution in [-0.2, 0) is 16.0 Å². The van der Waals surface area contributed by atoms with E-state index in [1.807, 2.05) is 0 Å². The van der Waals surface area contributed by atoms with Gasteiger partial charge in [-0.1, -0.05) is 12.1 Å². The number of rotatable bonds is 6. The van der Waals surface area contributed by atoms with E-state index in [1.165, 1.54) is 38.5 Å². The molecule has 0 bridgehead atoms. The van der Waals surface area contributed by atoms with Crippen molar-refractivity contribution in [1.82, 2.24) is 0 Å². The summed E-state index contributed by atoms with van der Waals surface area (Å²) in [5.74, 6) is -0.826. The first-order valence-electron chi connectivity index (χ1n) is 7.15. The third-order valence-electron chi connectivity index (χ3n) is 3.32. The molecule has 2 aromatic carbocycles. The average molecular weight is 345 g/mol. The molecule has 0 aliphatic rings. The van der Waals surface area contributed by atoms with Crippen LogP contribution in [0, 0.1) is 10.1 Å². The summed E-state index contributed by atoms with van der Waals surface area (Å²) in [6.07, 6.45) is 0.107. The van der Waals surface area contributed by atoms with E-state index in [9.17, 15) is 19.7 Å². The number of hydrogen-bond donors (Lipinski definition) is 0. The fourth-order valence-corrected chi connectivity index (χ4v) is 2.04. The van der Waals surface area contributed by atoms with Crippen molar-refractivity contribution in [3.05, 3.63) is 63.7 Å². The highest BCUT2D eigenvalue weighted by molar-refractivity contribution is 5.92. The van der Waals surface area contributed by atoms with E-state index in [0.717, 1.165) is 6.07 Å². The van der Waals surface area contributed by atoms with Crippen molar-refractivity contribution in [2.24, 2.45) is 0 Å². The summed E-state index contributed by atoms with van der Waals surface area (Å²) in [5.41, 5.74) is 0.392. The Bertz CT molecular complexity index is 799. The number of ether oxygens (including phenoxy) is 3. The van der Waals surface area contributed by atoms with E-state index in [1.54, 1.807) is 12.1 Å². The Hall–Kier alpha value is -3.42. The van der Waals surface area contributed by atoms with Crippen molar-refractivity contribution >= 4 is 17.6 Å². The number of nitrogens with zero attached hydrogens (tertiary/aromatic N) is 1. The fraction of sp³-hybridized carbons (Fsp3) is 0.176. The maximum absolute atomic E-state index is 12.1. The van der Waals surface area contributed by atoms with Crippen LogP contribution >= 0.6 is 0 Å². The molecule has 0 aliphatic heterocycles. The third-order valence-corrected chi connectivity index (χ3v) is 3.32. The van der Waals surface area contributed by atoms with Crippen molar-refractivity contribution < 1.29 is 28.7 Å². The quantitative estimate of drug-likeness (QED) is 0.343. The van der Waals surface area contributed by atoms with Crippen LogP contribution in [-0.4, -0.2) is 31.1 Å². The van der Waals surface area contributed by atoms with Gasteiger partial charge in [0.1, 0.15) is 5.75 Å². The highest BCUT2D eigenvalue weighted by atomic mass is 16.6. The number of benzene rings is 2. The molecule has 0 radical (unpaired) electrons. The number of carbonyl (C=O) groups excluding carboxylic acids is 2. The van der Waals surface area contributed by atoms with Gasteiger partial charge in [0.15, 0.2) is 5.75 Å². The Morgan fingerprint density at radius 3 is 2.32 bits per heavy atom. The topological polar surface area (TPSA) is 105 Å². The van der Waals surface area contributed by atoms with Crippen LogP contribution in [0.2, 0.25) is 0 Å². The maximum Gasteiger partial charge on any atom is 0.343 e. The molecule has 2 aromatic rings. The molecule has 130 valence electrons. The summed E-state index contributed by atoms with van der Waals surface area (Å²) in [4.78, 5) is 33.7. The predicted octanol–water partition coefficient (Wildman–Crippen LogP) is 2.54. The Labute approximate surface area is 143 Å².